The summed E-state index contributed by atoms with van der Waals surface area (Å²) in [6.07, 6.45) is -2.09. The van der Waals surface area contributed by atoms with Gasteiger partial charge in [0.1, 0.15) is 11.9 Å². The third-order valence-corrected chi connectivity index (χ3v) is 8.42. The molecule has 0 bridgehead atoms. The number of halogens is 3. The Morgan fingerprint density at radius 2 is 1.91 bits per heavy atom. The van der Waals surface area contributed by atoms with E-state index in [4.69, 9.17) is 4.74 Å². The van der Waals surface area contributed by atoms with Crippen LogP contribution in [0.25, 0.3) is 0 Å². The maximum atomic E-state index is 13.5. The van der Waals surface area contributed by atoms with Crippen molar-refractivity contribution in [3.05, 3.63) is 41.6 Å². The normalized spacial score (nSPS) is 22.1. The molecule has 2 fully saturated rings. The van der Waals surface area contributed by atoms with E-state index in [1.807, 2.05) is 0 Å². The van der Waals surface area contributed by atoms with E-state index in [-0.39, 0.29) is 19.0 Å². The van der Waals surface area contributed by atoms with Crippen molar-refractivity contribution >= 4 is 21.6 Å². The Bertz CT molecular complexity index is 1130. The van der Waals surface area contributed by atoms with Crippen LogP contribution in [0.15, 0.2) is 35.2 Å². The molecule has 1 aliphatic heterocycles. The van der Waals surface area contributed by atoms with Crippen LogP contribution >= 0.6 is 0 Å². The number of hydrogen-bond acceptors (Lipinski definition) is 6. The molecular weight excluding hydrogens is 447 g/mol. The van der Waals surface area contributed by atoms with Crippen molar-refractivity contribution < 1.29 is 31.1 Å². The second-order valence-corrected chi connectivity index (χ2v) is 10.5. The number of rotatable bonds is 5. The number of hydrogen-bond donors (Lipinski definition) is 0. The first-order chi connectivity index (χ1) is 15.0. The Labute approximate surface area is 184 Å². The number of esters is 1. The number of aryl methyl sites for hydroxylation is 1. The summed E-state index contributed by atoms with van der Waals surface area (Å²) in [5.41, 5.74) is -0.493. The van der Waals surface area contributed by atoms with Gasteiger partial charge in [-0.3, -0.25) is 0 Å². The number of aromatic nitrogens is 2. The fourth-order valence-electron chi connectivity index (χ4n) is 4.38. The molecule has 4 rings (SSSR count). The summed E-state index contributed by atoms with van der Waals surface area (Å²) in [7, 11) is -3.18. The van der Waals surface area contributed by atoms with Crippen molar-refractivity contribution in [1.29, 1.82) is 0 Å². The van der Waals surface area contributed by atoms with Crippen LogP contribution in [0, 0.1) is 6.92 Å². The molecule has 0 amide bonds. The van der Waals surface area contributed by atoms with Gasteiger partial charge in [0.15, 0.2) is 9.84 Å². The van der Waals surface area contributed by atoms with E-state index < -0.39 is 43.7 Å². The Morgan fingerprint density at radius 3 is 2.50 bits per heavy atom. The first-order valence-corrected chi connectivity index (χ1v) is 11.9. The fourth-order valence-corrected chi connectivity index (χ4v) is 6.29. The average Bonchev–Trinajstić information content (AvgIpc) is 3.29. The Balaban J connectivity index is 1.74. The summed E-state index contributed by atoms with van der Waals surface area (Å²) < 4.78 is 73.8. The average molecular weight is 472 g/mol. The van der Waals surface area contributed by atoms with E-state index in [1.54, 1.807) is 22.6 Å². The molecule has 0 radical (unpaired) electrons. The minimum atomic E-state index is -4.82. The van der Waals surface area contributed by atoms with Crippen molar-refractivity contribution in [3.8, 4) is 0 Å². The number of ether oxygens (including phenoxy) is 1. The molecule has 1 saturated heterocycles. The molecular formula is C21H24F3N3O4S. The molecule has 1 aromatic heterocycles. The van der Waals surface area contributed by atoms with Gasteiger partial charge in [-0.1, -0.05) is 12.1 Å². The van der Waals surface area contributed by atoms with Gasteiger partial charge in [-0.25, -0.2) is 17.9 Å². The summed E-state index contributed by atoms with van der Waals surface area (Å²) in [6, 6.07) is 5.13. The van der Waals surface area contributed by atoms with Gasteiger partial charge in [-0.2, -0.15) is 18.3 Å². The summed E-state index contributed by atoms with van der Waals surface area (Å²) in [5, 5.41) is 3.31. The third-order valence-electron chi connectivity index (χ3n) is 6.23. The van der Waals surface area contributed by atoms with Crippen LogP contribution in [0.3, 0.4) is 0 Å². The summed E-state index contributed by atoms with van der Waals surface area (Å²) in [5.74, 6) is -0.0461. The number of anilines is 1. The first-order valence-electron chi connectivity index (χ1n) is 10.3. The Morgan fingerprint density at radius 1 is 1.22 bits per heavy atom. The van der Waals surface area contributed by atoms with Crippen LogP contribution in [0.5, 0.6) is 0 Å². The molecule has 0 spiro atoms. The number of carbonyl (C=O) groups excluding carboxylic acids is 1. The Hall–Kier alpha value is -2.56. The highest BCUT2D eigenvalue weighted by Crippen LogP contribution is 2.40. The molecule has 11 heteroatoms. The van der Waals surface area contributed by atoms with Crippen molar-refractivity contribution in [2.75, 3.05) is 18.6 Å². The maximum Gasteiger partial charge on any atom is 0.417 e. The molecule has 0 N–H and O–H groups in total. The maximum absolute atomic E-state index is 13.5. The third kappa shape index (κ3) is 3.87. The van der Waals surface area contributed by atoms with Gasteiger partial charge in [0.25, 0.3) is 0 Å². The SMILES string of the molecule is COC(=O)C1C[C@@H](S(=O)(=O)c2ccccc2C(F)(F)F)CN1c1cc(C)nn1C1CCC1. The smallest absolute Gasteiger partial charge is 0.417 e. The standard InChI is InChI=1S/C21H24F3N3O4S/c1-13-10-19(27(25-13)14-6-5-7-14)26-12-15(11-17(26)20(28)31-2)32(29,30)18-9-4-3-8-16(18)21(22,23)24/h3-4,8-10,14-15,17H,5-7,11-12H2,1-2H3/t15-,17?/m1/s1. The van der Waals surface area contributed by atoms with Gasteiger partial charge in [0.05, 0.1) is 34.6 Å². The first kappa shape index (κ1) is 22.6. The predicted octanol–water partition coefficient (Wildman–Crippen LogP) is 3.53. The molecule has 2 aliphatic rings. The highest BCUT2D eigenvalue weighted by Gasteiger charge is 2.47. The van der Waals surface area contributed by atoms with Gasteiger partial charge in [-0.05, 0) is 44.7 Å². The molecule has 1 unspecified atom stereocenters. The van der Waals surface area contributed by atoms with E-state index in [2.05, 4.69) is 5.10 Å². The van der Waals surface area contributed by atoms with Crippen molar-refractivity contribution in [1.82, 2.24) is 9.78 Å². The second-order valence-electron chi connectivity index (χ2n) is 8.26. The van der Waals surface area contributed by atoms with Crippen LogP contribution in [-0.4, -0.2) is 49.1 Å². The number of benzene rings is 1. The second kappa shape index (κ2) is 8.09. The van der Waals surface area contributed by atoms with Gasteiger partial charge in [-0.15, -0.1) is 0 Å². The molecule has 32 heavy (non-hydrogen) atoms. The largest absolute Gasteiger partial charge is 0.467 e. The zero-order valence-electron chi connectivity index (χ0n) is 17.7. The topological polar surface area (TPSA) is 81.5 Å². The summed E-state index contributed by atoms with van der Waals surface area (Å²) >= 11 is 0. The molecule has 1 aliphatic carbocycles. The van der Waals surface area contributed by atoms with Crippen molar-refractivity contribution in [2.24, 2.45) is 0 Å². The highest BCUT2D eigenvalue weighted by molar-refractivity contribution is 7.92. The predicted molar refractivity (Wildman–Crippen MR) is 110 cm³/mol. The zero-order valence-corrected chi connectivity index (χ0v) is 18.5. The lowest BCUT2D eigenvalue weighted by Gasteiger charge is -2.32. The van der Waals surface area contributed by atoms with E-state index in [1.165, 1.54) is 13.2 Å². The van der Waals surface area contributed by atoms with E-state index in [0.717, 1.165) is 37.5 Å². The molecule has 174 valence electrons. The zero-order chi connectivity index (χ0) is 23.3. The van der Waals surface area contributed by atoms with E-state index >= 15 is 0 Å². The quantitative estimate of drug-likeness (QED) is 0.621. The van der Waals surface area contributed by atoms with Crippen molar-refractivity contribution in [3.63, 3.8) is 0 Å². The van der Waals surface area contributed by atoms with Crippen LogP contribution in [0.1, 0.15) is 43.0 Å². The Kier molecular flexibility index (Phi) is 5.72. The molecule has 1 aromatic carbocycles. The van der Waals surface area contributed by atoms with Crippen LogP contribution in [0.4, 0.5) is 19.0 Å². The molecule has 2 aromatic rings. The number of alkyl halides is 3. The minimum Gasteiger partial charge on any atom is -0.467 e. The highest BCUT2D eigenvalue weighted by atomic mass is 32.2. The molecule has 7 nitrogen and oxygen atoms in total. The van der Waals surface area contributed by atoms with Crippen molar-refractivity contribution in [2.45, 2.75) is 61.0 Å². The van der Waals surface area contributed by atoms with Crippen LogP contribution in [-0.2, 0) is 25.5 Å². The molecule has 2 atom stereocenters. The summed E-state index contributed by atoms with van der Waals surface area (Å²) in [6.45, 7) is 1.67. The lowest BCUT2D eigenvalue weighted by molar-refractivity contribution is -0.142. The lowest BCUT2D eigenvalue weighted by Crippen LogP contribution is -2.39. The number of carbonyl (C=O) groups is 1. The van der Waals surface area contributed by atoms with Crippen LogP contribution in [0.2, 0.25) is 0 Å². The number of sulfone groups is 1. The molecule has 1 saturated carbocycles. The van der Waals surface area contributed by atoms with Gasteiger partial charge >= 0.3 is 12.1 Å². The number of methoxy groups -OCH3 is 1. The van der Waals surface area contributed by atoms with Gasteiger partial charge in [0.2, 0.25) is 0 Å². The van der Waals surface area contributed by atoms with E-state index in [9.17, 15) is 26.4 Å². The summed E-state index contributed by atoms with van der Waals surface area (Å²) in [4.78, 5) is 13.4. The minimum absolute atomic E-state index is 0.133. The van der Waals surface area contributed by atoms with Gasteiger partial charge < -0.3 is 9.64 Å². The van der Waals surface area contributed by atoms with Gasteiger partial charge in [0, 0.05) is 12.6 Å². The lowest BCUT2D eigenvalue weighted by atomic mass is 9.93. The fraction of sp³-hybridized carbons (Fsp3) is 0.524. The number of nitrogens with zero attached hydrogens (tertiary/aromatic N) is 3. The van der Waals surface area contributed by atoms with Crippen LogP contribution < -0.4 is 4.90 Å². The van der Waals surface area contributed by atoms with E-state index in [0.29, 0.717) is 11.5 Å². The molecule has 2 heterocycles. The monoisotopic (exact) mass is 471 g/mol.